The third kappa shape index (κ3) is 2.70. The fourth-order valence-electron chi connectivity index (χ4n) is 3.46. The average molecular weight is 343 g/mol. The Hall–Kier alpha value is -2.25. The van der Waals surface area contributed by atoms with Crippen LogP contribution in [0.4, 0.5) is 11.4 Å². The van der Waals surface area contributed by atoms with Gasteiger partial charge in [-0.25, -0.2) is 0 Å². The lowest BCUT2D eigenvalue weighted by Crippen LogP contribution is -2.41. The fraction of sp³-hybridized carbons (Fsp3) is 0.353. The molecular formula is C17H17N3O3S. The fourth-order valence-corrected chi connectivity index (χ4v) is 4.35. The number of benzene rings is 1. The summed E-state index contributed by atoms with van der Waals surface area (Å²) < 4.78 is 0. The van der Waals surface area contributed by atoms with Gasteiger partial charge in [-0.15, -0.1) is 11.3 Å². The normalized spacial score (nSPS) is 16.8. The second-order valence-electron chi connectivity index (χ2n) is 6.20. The monoisotopic (exact) mass is 343 g/mol. The second-order valence-corrected chi connectivity index (χ2v) is 7.20. The van der Waals surface area contributed by atoms with Crippen LogP contribution in [-0.4, -0.2) is 35.4 Å². The Morgan fingerprint density at radius 3 is 2.92 bits per heavy atom. The molecule has 0 saturated heterocycles. The summed E-state index contributed by atoms with van der Waals surface area (Å²) in [5.74, 6) is 0.0212. The number of nitro benzene ring substituents is 1. The van der Waals surface area contributed by atoms with Gasteiger partial charge >= 0.3 is 0 Å². The van der Waals surface area contributed by atoms with Crippen LogP contribution in [0.3, 0.4) is 0 Å². The molecule has 0 fully saturated rings. The van der Waals surface area contributed by atoms with Gasteiger partial charge < -0.3 is 4.90 Å². The van der Waals surface area contributed by atoms with Gasteiger partial charge in [0, 0.05) is 36.6 Å². The number of anilines is 1. The molecule has 1 amide bonds. The Morgan fingerprint density at radius 1 is 1.21 bits per heavy atom. The molecule has 24 heavy (non-hydrogen) atoms. The van der Waals surface area contributed by atoms with Crippen molar-refractivity contribution in [1.82, 2.24) is 4.90 Å². The van der Waals surface area contributed by atoms with Crippen molar-refractivity contribution in [1.29, 1.82) is 0 Å². The minimum absolute atomic E-state index is 0.0212. The van der Waals surface area contributed by atoms with Gasteiger partial charge in [0.1, 0.15) is 0 Å². The van der Waals surface area contributed by atoms with E-state index in [1.807, 2.05) is 0 Å². The van der Waals surface area contributed by atoms with Gasteiger partial charge in [0.25, 0.3) is 5.69 Å². The van der Waals surface area contributed by atoms with E-state index in [1.165, 1.54) is 22.6 Å². The molecule has 0 bridgehead atoms. The van der Waals surface area contributed by atoms with Crippen LogP contribution in [0.5, 0.6) is 0 Å². The maximum Gasteiger partial charge on any atom is 0.271 e. The molecule has 3 heterocycles. The van der Waals surface area contributed by atoms with Crippen LogP contribution in [0.25, 0.3) is 0 Å². The van der Waals surface area contributed by atoms with Crippen molar-refractivity contribution in [2.45, 2.75) is 19.4 Å². The standard InChI is InChI=1S/C17H17N3O3S/c21-17(11-18-6-4-16-13(10-18)5-8-24-16)19-7-3-12-1-2-14(20(22)23)9-15(12)19/h1-2,5,8-9H,3-4,6-7,10-11H2. The van der Waals surface area contributed by atoms with E-state index in [4.69, 9.17) is 0 Å². The molecule has 1 aromatic heterocycles. The largest absolute Gasteiger partial charge is 0.310 e. The number of non-ortho nitro benzene ring substituents is 1. The Morgan fingerprint density at radius 2 is 2.08 bits per heavy atom. The predicted octanol–water partition coefficient (Wildman–Crippen LogP) is 2.60. The number of hydrogen-bond acceptors (Lipinski definition) is 5. The zero-order valence-corrected chi connectivity index (χ0v) is 13.9. The van der Waals surface area contributed by atoms with Crippen LogP contribution in [-0.2, 0) is 24.2 Å². The van der Waals surface area contributed by atoms with Gasteiger partial charge in [-0.2, -0.15) is 0 Å². The smallest absolute Gasteiger partial charge is 0.271 e. The molecule has 0 atom stereocenters. The summed E-state index contributed by atoms with van der Waals surface area (Å²) in [6.45, 7) is 2.65. The minimum atomic E-state index is -0.413. The highest BCUT2D eigenvalue weighted by Gasteiger charge is 2.28. The first kappa shape index (κ1) is 15.3. The Bertz CT molecular complexity index is 817. The number of amides is 1. The van der Waals surface area contributed by atoms with Crippen LogP contribution >= 0.6 is 11.3 Å². The van der Waals surface area contributed by atoms with Crippen molar-refractivity contribution in [2.24, 2.45) is 0 Å². The lowest BCUT2D eigenvalue weighted by Gasteiger charge is -2.28. The first-order valence-electron chi connectivity index (χ1n) is 7.97. The summed E-state index contributed by atoms with van der Waals surface area (Å²) in [6.07, 6.45) is 1.75. The van der Waals surface area contributed by atoms with Crippen LogP contribution in [0.15, 0.2) is 29.6 Å². The Kier molecular flexibility index (Phi) is 3.82. The van der Waals surface area contributed by atoms with Gasteiger partial charge in [-0.1, -0.05) is 6.07 Å². The Labute approximate surface area is 143 Å². The van der Waals surface area contributed by atoms with Gasteiger partial charge in [0.15, 0.2) is 0 Å². The van der Waals surface area contributed by atoms with Crippen molar-refractivity contribution in [2.75, 3.05) is 24.5 Å². The van der Waals surface area contributed by atoms with E-state index in [-0.39, 0.29) is 11.6 Å². The average Bonchev–Trinajstić information content (AvgIpc) is 3.20. The maximum atomic E-state index is 12.7. The molecule has 0 spiro atoms. The van der Waals surface area contributed by atoms with Crippen LogP contribution in [0.2, 0.25) is 0 Å². The number of fused-ring (bicyclic) bond motifs is 2. The topological polar surface area (TPSA) is 66.7 Å². The lowest BCUT2D eigenvalue weighted by atomic mass is 10.1. The molecule has 1 aromatic carbocycles. The van der Waals surface area contributed by atoms with Gasteiger partial charge in [0.05, 0.1) is 17.2 Å². The lowest BCUT2D eigenvalue weighted by molar-refractivity contribution is -0.384. The SMILES string of the molecule is O=C(CN1CCc2sccc2C1)N1CCc2ccc([N+](=O)[O-])cc21. The number of nitro groups is 1. The quantitative estimate of drug-likeness (QED) is 0.635. The maximum absolute atomic E-state index is 12.7. The van der Waals surface area contributed by atoms with Crippen molar-refractivity contribution in [3.63, 3.8) is 0 Å². The molecule has 2 aliphatic rings. The third-order valence-corrected chi connectivity index (χ3v) is 5.74. The summed E-state index contributed by atoms with van der Waals surface area (Å²) in [6, 6.07) is 6.92. The molecule has 124 valence electrons. The summed E-state index contributed by atoms with van der Waals surface area (Å²) in [5.41, 5.74) is 3.06. The molecule has 4 rings (SSSR count). The summed E-state index contributed by atoms with van der Waals surface area (Å²) in [5, 5.41) is 13.1. The second kappa shape index (κ2) is 5.99. The molecule has 0 radical (unpaired) electrons. The number of carbonyl (C=O) groups is 1. The van der Waals surface area contributed by atoms with E-state index in [2.05, 4.69) is 16.3 Å². The highest BCUT2D eigenvalue weighted by atomic mass is 32.1. The van der Waals surface area contributed by atoms with E-state index >= 15 is 0 Å². The number of rotatable bonds is 3. The molecule has 6 nitrogen and oxygen atoms in total. The summed E-state index contributed by atoms with van der Waals surface area (Å²) >= 11 is 1.78. The van der Waals surface area contributed by atoms with E-state index < -0.39 is 4.92 Å². The summed E-state index contributed by atoms with van der Waals surface area (Å²) in [7, 11) is 0. The number of hydrogen-bond donors (Lipinski definition) is 0. The molecule has 7 heteroatoms. The van der Waals surface area contributed by atoms with E-state index in [9.17, 15) is 14.9 Å². The van der Waals surface area contributed by atoms with Crippen molar-refractivity contribution < 1.29 is 9.72 Å². The zero-order chi connectivity index (χ0) is 16.7. The minimum Gasteiger partial charge on any atom is -0.310 e. The van der Waals surface area contributed by atoms with Crippen LogP contribution in [0.1, 0.15) is 16.0 Å². The highest BCUT2D eigenvalue weighted by Crippen LogP contribution is 2.32. The van der Waals surface area contributed by atoms with Gasteiger partial charge in [-0.05, 0) is 35.4 Å². The molecule has 0 aliphatic carbocycles. The highest BCUT2D eigenvalue weighted by molar-refractivity contribution is 7.10. The van der Waals surface area contributed by atoms with Crippen LogP contribution in [0, 0.1) is 10.1 Å². The number of carbonyl (C=O) groups excluding carboxylic acids is 1. The molecule has 2 aromatic rings. The molecular weight excluding hydrogens is 326 g/mol. The Balaban J connectivity index is 1.49. The van der Waals surface area contributed by atoms with Crippen molar-refractivity contribution in [3.8, 4) is 0 Å². The summed E-state index contributed by atoms with van der Waals surface area (Å²) in [4.78, 5) is 28.6. The predicted molar refractivity (Wildman–Crippen MR) is 92.5 cm³/mol. The van der Waals surface area contributed by atoms with Gasteiger partial charge in [0.2, 0.25) is 5.91 Å². The molecule has 0 unspecified atom stereocenters. The van der Waals surface area contributed by atoms with E-state index in [0.717, 1.165) is 31.5 Å². The van der Waals surface area contributed by atoms with Crippen molar-refractivity contribution >= 4 is 28.6 Å². The number of thiophene rings is 1. The zero-order valence-electron chi connectivity index (χ0n) is 13.1. The van der Waals surface area contributed by atoms with Gasteiger partial charge in [-0.3, -0.25) is 19.8 Å². The molecule has 0 saturated carbocycles. The van der Waals surface area contributed by atoms with E-state index in [0.29, 0.717) is 18.8 Å². The van der Waals surface area contributed by atoms with E-state index in [1.54, 1.807) is 22.3 Å². The first-order chi connectivity index (χ1) is 11.6. The first-order valence-corrected chi connectivity index (χ1v) is 8.85. The molecule has 2 aliphatic heterocycles. The van der Waals surface area contributed by atoms with Crippen LogP contribution < -0.4 is 4.90 Å². The number of nitrogens with zero attached hydrogens (tertiary/aromatic N) is 3. The third-order valence-electron chi connectivity index (χ3n) is 4.72. The molecule has 0 N–H and O–H groups in total. The van der Waals surface area contributed by atoms with Crippen molar-refractivity contribution in [3.05, 3.63) is 55.8 Å².